The molecule has 0 fully saturated rings. The Morgan fingerprint density at radius 2 is 1.57 bits per heavy atom. The molecule has 0 aromatic heterocycles. The summed E-state index contributed by atoms with van der Waals surface area (Å²) < 4.78 is 11.1. The van der Waals surface area contributed by atoms with E-state index >= 15 is 0 Å². The maximum absolute atomic E-state index is 10.8. The van der Waals surface area contributed by atoms with Crippen LogP contribution in [0.3, 0.4) is 0 Å². The van der Waals surface area contributed by atoms with Gasteiger partial charge in [-0.3, -0.25) is 4.79 Å². The highest BCUT2D eigenvalue weighted by molar-refractivity contribution is 5.76. The molecule has 2 rings (SSSR count). The summed E-state index contributed by atoms with van der Waals surface area (Å²) >= 11 is 0. The van der Waals surface area contributed by atoms with Crippen molar-refractivity contribution in [3.8, 4) is 11.5 Å². The third-order valence-corrected chi connectivity index (χ3v) is 3.79. The average molecular weight is 312 g/mol. The van der Waals surface area contributed by atoms with E-state index in [2.05, 4.69) is 26.0 Å². The number of carbonyl (C=O) groups is 1. The van der Waals surface area contributed by atoms with Crippen LogP contribution in [0, 0.1) is 0 Å². The molecule has 1 atom stereocenters. The van der Waals surface area contributed by atoms with E-state index < -0.39 is 0 Å². The van der Waals surface area contributed by atoms with Gasteiger partial charge in [-0.05, 0) is 54.7 Å². The number of ether oxygens (including phenoxy) is 2. The molecule has 0 radical (unpaired) electrons. The van der Waals surface area contributed by atoms with E-state index in [0.717, 1.165) is 23.5 Å². The lowest BCUT2D eigenvalue weighted by molar-refractivity contribution is -0.121. The Morgan fingerprint density at radius 1 is 1.00 bits per heavy atom. The van der Waals surface area contributed by atoms with Crippen LogP contribution < -0.4 is 4.74 Å². The van der Waals surface area contributed by atoms with Crippen LogP contribution >= 0.6 is 0 Å². The number of Topliss-reactive ketones (excluding diaryl/α,β-unsaturated/α-hetero) is 1. The molecule has 0 heterocycles. The number of hydrogen-bond donors (Lipinski definition) is 0. The van der Waals surface area contributed by atoms with Crippen LogP contribution in [0.1, 0.15) is 44.2 Å². The summed E-state index contributed by atoms with van der Waals surface area (Å²) in [5.41, 5.74) is 2.35. The lowest BCUT2D eigenvalue weighted by atomic mass is 9.99. The summed E-state index contributed by atoms with van der Waals surface area (Å²) in [5, 5.41) is 0. The van der Waals surface area contributed by atoms with Crippen molar-refractivity contribution in [3.63, 3.8) is 0 Å². The molecule has 0 saturated heterocycles. The van der Waals surface area contributed by atoms with Crippen molar-refractivity contribution in [1.82, 2.24) is 0 Å². The highest BCUT2D eigenvalue weighted by Gasteiger charge is 2.04. The van der Waals surface area contributed by atoms with Gasteiger partial charge >= 0.3 is 0 Å². The summed E-state index contributed by atoms with van der Waals surface area (Å²) in [7, 11) is 0. The summed E-state index contributed by atoms with van der Waals surface area (Å²) in [6.45, 7) is 6.52. The molecule has 122 valence electrons. The fourth-order valence-electron chi connectivity index (χ4n) is 2.20. The van der Waals surface area contributed by atoms with E-state index in [0.29, 0.717) is 12.5 Å². The summed E-state index contributed by atoms with van der Waals surface area (Å²) in [6, 6.07) is 16.0. The van der Waals surface area contributed by atoms with Gasteiger partial charge < -0.3 is 9.47 Å². The van der Waals surface area contributed by atoms with Gasteiger partial charge in [0, 0.05) is 0 Å². The average Bonchev–Trinajstić information content (AvgIpc) is 2.56. The topological polar surface area (TPSA) is 35.5 Å². The molecule has 2 aromatic rings. The van der Waals surface area contributed by atoms with E-state index in [-0.39, 0.29) is 12.4 Å². The number of benzene rings is 2. The van der Waals surface area contributed by atoms with Gasteiger partial charge in [-0.1, -0.05) is 38.1 Å². The van der Waals surface area contributed by atoms with Crippen molar-refractivity contribution in [2.75, 3.05) is 6.61 Å². The molecule has 0 aliphatic rings. The Labute approximate surface area is 138 Å². The van der Waals surface area contributed by atoms with Crippen LogP contribution in [0.15, 0.2) is 48.5 Å². The molecule has 3 nitrogen and oxygen atoms in total. The minimum Gasteiger partial charge on any atom is -0.457 e. The predicted molar refractivity (Wildman–Crippen MR) is 92.0 cm³/mol. The van der Waals surface area contributed by atoms with Crippen molar-refractivity contribution in [1.29, 1.82) is 0 Å². The third kappa shape index (κ3) is 5.53. The first-order chi connectivity index (χ1) is 11.1. The van der Waals surface area contributed by atoms with Gasteiger partial charge in [-0.2, -0.15) is 0 Å². The zero-order valence-electron chi connectivity index (χ0n) is 14.0. The lowest BCUT2D eigenvalue weighted by Gasteiger charge is -2.11. The number of carbonyl (C=O) groups excluding carboxylic acids is 1. The molecule has 0 bridgehead atoms. The summed E-state index contributed by atoms with van der Waals surface area (Å²) in [6.07, 6.45) is 1.13. The Bertz CT molecular complexity index is 614. The largest absolute Gasteiger partial charge is 0.457 e. The van der Waals surface area contributed by atoms with Crippen LogP contribution in [0.25, 0.3) is 0 Å². The van der Waals surface area contributed by atoms with E-state index in [1.807, 2.05) is 36.4 Å². The molecule has 0 saturated carbocycles. The van der Waals surface area contributed by atoms with Crippen LogP contribution in [-0.2, 0) is 16.1 Å². The molecular formula is C20H24O3. The Kier molecular flexibility index (Phi) is 6.36. The predicted octanol–water partition coefficient (Wildman–Crippen LogP) is 5.10. The van der Waals surface area contributed by atoms with Crippen molar-refractivity contribution < 1.29 is 14.3 Å². The molecular weight excluding hydrogens is 288 g/mol. The number of hydrogen-bond acceptors (Lipinski definition) is 3. The number of ketones is 1. The number of rotatable bonds is 8. The lowest BCUT2D eigenvalue weighted by Crippen LogP contribution is -2.03. The molecule has 2 aromatic carbocycles. The first-order valence-corrected chi connectivity index (χ1v) is 8.02. The van der Waals surface area contributed by atoms with E-state index in [4.69, 9.17) is 9.47 Å². The van der Waals surface area contributed by atoms with Crippen molar-refractivity contribution in [2.24, 2.45) is 0 Å². The van der Waals surface area contributed by atoms with Gasteiger partial charge in [0.25, 0.3) is 0 Å². The second-order valence-corrected chi connectivity index (χ2v) is 5.82. The first kappa shape index (κ1) is 17.2. The molecule has 0 spiro atoms. The molecule has 23 heavy (non-hydrogen) atoms. The first-order valence-electron chi connectivity index (χ1n) is 8.02. The Balaban J connectivity index is 1.91. The van der Waals surface area contributed by atoms with Crippen molar-refractivity contribution in [2.45, 2.75) is 39.7 Å². The van der Waals surface area contributed by atoms with Crippen LogP contribution in [0.4, 0.5) is 0 Å². The zero-order chi connectivity index (χ0) is 16.7. The van der Waals surface area contributed by atoms with E-state index in [1.54, 1.807) is 0 Å². The summed E-state index contributed by atoms with van der Waals surface area (Å²) in [5.74, 6) is 2.22. The third-order valence-electron chi connectivity index (χ3n) is 3.79. The van der Waals surface area contributed by atoms with E-state index in [1.165, 1.54) is 12.5 Å². The molecule has 0 amide bonds. The zero-order valence-corrected chi connectivity index (χ0v) is 14.0. The van der Waals surface area contributed by atoms with Gasteiger partial charge in [0.05, 0.1) is 6.61 Å². The van der Waals surface area contributed by atoms with Gasteiger partial charge in [0.1, 0.15) is 18.1 Å². The van der Waals surface area contributed by atoms with Crippen LogP contribution in [-0.4, -0.2) is 12.4 Å². The van der Waals surface area contributed by atoms with Gasteiger partial charge in [-0.15, -0.1) is 0 Å². The maximum atomic E-state index is 10.8. The highest BCUT2D eigenvalue weighted by atomic mass is 16.5. The standard InChI is InChI=1S/C20H24O3/c1-4-15(2)18-7-11-20(12-8-18)23-19-9-5-17(6-10-19)14-22-13-16(3)21/h5-12,15H,4,13-14H2,1-3H3. The molecule has 0 aliphatic heterocycles. The minimum absolute atomic E-state index is 0.0331. The molecule has 3 heteroatoms. The second-order valence-electron chi connectivity index (χ2n) is 5.82. The van der Waals surface area contributed by atoms with Crippen molar-refractivity contribution >= 4 is 5.78 Å². The minimum atomic E-state index is 0.0331. The van der Waals surface area contributed by atoms with Gasteiger partial charge in [0.15, 0.2) is 5.78 Å². The fourth-order valence-corrected chi connectivity index (χ4v) is 2.20. The monoisotopic (exact) mass is 312 g/mol. The molecule has 0 N–H and O–H groups in total. The highest BCUT2D eigenvalue weighted by Crippen LogP contribution is 2.25. The fraction of sp³-hybridized carbons (Fsp3) is 0.350. The van der Waals surface area contributed by atoms with Gasteiger partial charge in [0.2, 0.25) is 0 Å². The Hall–Kier alpha value is -2.13. The smallest absolute Gasteiger partial charge is 0.155 e. The summed E-state index contributed by atoms with van der Waals surface area (Å²) in [4.78, 5) is 10.8. The Morgan fingerprint density at radius 3 is 2.09 bits per heavy atom. The molecule has 1 unspecified atom stereocenters. The quantitative estimate of drug-likeness (QED) is 0.680. The second kappa shape index (κ2) is 8.49. The van der Waals surface area contributed by atoms with E-state index in [9.17, 15) is 4.79 Å². The van der Waals surface area contributed by atoms with Gasteiger partial charge in [-0.25, -0.2) is 0 Å². The normalized spacial score (nSPS) is 12.0. The van der Waals surface area contributed by atoms with Crippen LogP contribution in [0.2, 0.25) is 0 Å². The SMILES string of the molecule is CCC(C)c1ccc(Oc2ccc(COCC(C)=O)cc2)cc1. The van der Waals surface area contributed by atoms with Crippen molar-refractivity contribution in [3.05, 3.63) is 59.7 Å². The molecule has 0 aliphatic carbocycles. The maximum Gasteiger partial charge on any atom is 0.155 e. The van der Waals surface area contributed by atoms with Crippen LogP contribution in [0.5, 0.6) is 11.5 Å².